The van der Waals surface area contributed by atoms with Gasteiger partial charge in [0, 0.05) is 25.3 Å². The standard InChI is InChI=1S/C15H20N2O5/c18-8-5-16-13-4-2-1-3-12(13)15(20)22-11-14(19)17-6-9-21-10-7-17/h1-4,16,18H,5-11H2. The molecule has 1 heterocycles. The summed E-state index contributed by atoms with van der Waals surface area (Å²) in [5.41, 5.74) is 0.908. The molecule has 1 aliphatic heterocycles. The minimum absolute atomic E-state index is 0.0428. The van der Waals surface area contributed by atoms with Crippen LogP contribution in [0.5, 0.6) is 0 Å². The number of rotatable bonds is 6. The highest BCUT2D eigenvalue weighted by Gasteiger charge is 2.19. The van der Waals surface area contributed by atoms with Crippen LogP contribution in [0.1, 0.15) is 10.4 Å². The first kappa shape index (κ1) is 16.3. The summed E-state index contributed by atoms with van der Waals surface area (Å²) >= 11 is 0. The number of aliphatic hydroxyl groups is 1. The van der Waals surface area contributed by atoms with Gasteiger partial charge in [0.25, 0.3) is 5.91 Å². The van der Waals surface area contributed by atoms with Crippen molar-refractivity contribution in [2.45, 2.75) is 0 Å². The number of nitrogens with one attached hydrogen (secondary N) is 1. The van der Waals surface area contributed by atoms with Crippen molar-refractivity contribution < 1.29 is 24.2 Å². The molecule has 2 N–H and O–H groups in total. The van der Waals surface area contributed by atoms with Gasteiger partial charge >= 0.3 is 5.97 Å². The lowest BCUT2D eigenvalue weighted by molar-refractivity contribution is -0.138. The fraction of sp³-hybridized carbons (Fsp3) is 0.467. The topological polar surface area (TPSA) is 88.1 Å². The van der Waals surface area contributed by atoms with Crippen molar-refractivity contribution in [3.8, 4) is 0 Å². The monoisotopic (exact) mass is 308 g/mol. The third-order valence-corrected chi connectivity index (χ3v) is 3.26. The largest absolute Gasteiger partial charge is 0.452 e. The van der Waals surface area contributed by atoms with Crippen molar-refractivity contribution in [2.24, 2.45) is 0 Å². The van der Waals surface area contributed by atoms with Crippen LogP contribution in [-0.4, -0.2) is 67.9 Å². The summed E-state index contributed by atoms with van der Waals surface area (Å²) in [6.07, 6.45) is 0. The number of para-hydroxylation sites is 1. The molecular weight excluding hydrogens is 288 g/mol. The van der Waals surface area contributed by atoms with Crippen LogP contribution in [0.3, 0.4) is 0 Å². The fourth-order valence-electron chi connectivity index (χ4n) is 2.11. The van der Waals surface area contributed by atoms with Gasteiger partial charge in [0.05, 0.1) is 25.4 Å². The Kier molecular flexibility index (Phi) is 6.17. The van der Waals surface area contributed by atoms with Crippen LogP contribution in [0.15, 0.2) is 24.3 Å². The fourth-order valence-corrected chi connectivity index (χ4v) is 2.11. The van der Waals surface area contributed by atoms with Crippen LogP contribution in [0.2, 0.25) is 0 Å². The Balaban J connectivity index is 1.90. The average molecular weight is 308 g/mol. The SMILES string of the molecule is O=C(OCC(=O)N1CCOCC1)c1ccccc1NCCO. The van der Waals surface area contributed by atoms with Gasteiger partial charge in [-0.1, -0.05) is 12.1 Å². The van der Waals surface area contributed by atoms with E-state index in [4.69, 9.17) is 14.6 Å². The van der Waals surface area contributed by atoms with Crippen molar-refractivity contribution in [2.75, 3.05) is 51.4 Å². The van der Waals surface area contributed by atoms with E-state index >= 15 is 0 Å². The van der Waals surface area contributed by atoms with Gasteiger partial charge in [-0.15, -0.1) is 0 Å². The molecule has 1 aliphatic rings. The third-order valence-electron chi connectivity index (χ3n) is 3.26. The Morgan fingerprint density at radius 2 is 2.00 bits per heavy atom. The Morgan fingerprint density at radius 3 is 2.73 bits per heavy atom. The zero-order valence-electron chi connectivity index (χ0n) is 12.3. The Morgan fingerprint density at radius 1 is 1.27 bits per heavy atom. The molecule has 22 heavy (non-hydrogen) atoms. The molecule has 120 valence electrons. The zero-order chi connectivity index (χ0) is 15.8. The van der Waals surface area contributed by atoms with Crippen molar-refractivity contribution >= 4 is 17.6 Å². The minimum Gasteiger partial charge on any atom is -0.452 e. The first-order valence-corrected chi connectivity index (χ1v) is 7.19. The number of amides is 1. The maximum Gasteiger partial charge on any atom is 0.340 e. The molecule has 0 aliphatic carbocycles. The second-order valence-corrected chi connectivity index (χ2v) is 4.77. The van der Waals surface area contributed by atoms with Gasteiger partial charge in [0.1, 0.15) is 0 Å². The van der Waals surface area contributed by atoms with E-state index in [1.165, 1.54) is 0 Å². The predicted octanol–water partition coefficient (Wildman–Crippen LogP) is 0.106. The van der Waals surface area contributed by atoms with Crippen LogP contribution >= 0.6 is 0 Å². The van der Waals surface area contributed by atoms with Gasteiger partial charge in [-0.25, -0.2) is 4.79 Å². The van der Waals surface area contributed by atoms with Crippen LogP contribution in [0.4, 0.5) is 5.69 Å². The van der Waals surface area contributed by atoms with E-state index in [1.807, 2.05) is 0 Å². The van der Waals surface area contributed by atoms with Crippen LogP contribution < -0.4 is 5.32 Å². The molecule has 0 aromatic heterocycles. The lowest BCUT2D eigenvalue weighted by Gasteiger charge is -2.26. The molecule has 0 atom stereocenters. The molecule has 2 rings (SSSR count). The maximum atomic E-state index is 12.1. The highest BCUT2D eigenvalue weighted by Crippen LogP contribution is 2.16. The first-order chi connectivity index (χ1) is 10.7. The van der Waals surface area contributed by atoms with Gasteiger partial charge in [-0.3, -0.25) is 4.79 Å². The predicted molar refractivity (Wildman–Crippen MR) is 79.7 cm³/mol. The lowest BCUT2D eigenvalue weighted by atomic mass is 10.2. The van der Waals surface area contributed by atoms with Gasteiger partial charge in [0.15, 0.2) is 6.61 Å². The molecule has 0 radical (unpaired) electrons. The van der Waals surface area contributed by atoms with Crippen LogP contribution in [0.25, 0.3) is 0 Å². The molecule has 0 spiro atoms. The quantitative estimate of drug-likeness (QED) is 0.725. The highest BCUT2D eigenvalue weighted by molar-refractivity contribution is 5.96. The van der Waals surface area contributed by atoms with Crippen LogP contribution in [0, 0.1) is 0 Å². The molecule has 1 saturated heterocycles. The number of morpholine rings is 1. The van der Waals surface area contributed by atoms with E-state index in [-0.39, 0.29) is 19.1 Å². The number of anilines is 1. The lowest BCUT2D eigenvalue weighted by Crippen LogP contribution is -2.42. The molecular formula is C15H20N2O5. The van der Waals surface area contributed by atoms with Gasteiger partial charge in [-0.2, -0.15) is 0 Å². The second kappa shape index (κ2) is 8.35. The molecule has 0 bridgehead atoms. The highest BCUT2D eigenvalue weighted by atomic mass is 16.5. The second-order valence-electron chi connectivity index (χ2n) is 4.77. The number of hydrogen-bond donors (Lipinski definition) is 2. The molecule has 0 unspecified atom stereocenters. The maximum absolute atomic E-state index is 12.1. The molecule has 7 heteroatoms. The summed E-state index contributed by atoms with van der Waals surface area (Å²) in [6, 6.07) is 6.82. The van der Waals surface area contributed by atoms with Crippen molar-refractivity contribution in [1.82, 2.24) is 4.90 Å². The average Bonchev–Trinajstić information content (AvgIpc) is 2.58. The van der Waals surface area contributed by atoms with Crippen molar-refractivity contribution in [3.63, 3.8) is 0 Å². The number of hydrogen-bond acceptors (Lipinski definition) is 6. The Labute approximate surface area is 128 Å². The number of carbonyl (C=O) groups is 2. The normalized spacial score (nSPS) is 14.5. The summed E-state index contributed by atoms with van der Waals surface area (Å²) in [7, 11) is 0. The first-order valence-electron chi connectivity index (χ1n) is 7.19. The van der Waals surface area contributed by atoms with E-state index in [2.05, 4.69) is 5.32 Å². The van der Waals surface area contributed by atoms with E-state index in [0.717, 1.165) is 0 Å². The van der Waals surface area contributed by atoms with Gasteiger partial charge in [0.2, 0.25) is 0 Å². The van der Waals surface area contributed by atoms with E-state index in [1.54, 1.807) is 29.2 Å². The van der Waals surface area contributed by atoms with Gasteiger partial charge in [-0.05, 0) is 12.1 Å². The van der Waals surface area contributed by atoms with Gasteiger partial charge < -0.3 is 24.8 Å². The summed E-state index contributed by atoms with van der Waals surface area (Å²) in [6.45, 7) is 2.06. The number of ether oxygens (including phenoxy) is 2. The van der Waals surface area contributed by atoms with Crippen molar-refractivity contribution in [3.05, 3.63) is 29.8 Å². The number of esters is 1. The zero-order valence-corrected chi connectivity index (χ0v) is 12.3. The summed E-state index contributed by atoms with van der Waals surface area (Å²) < 4.78 is 10.3. The van der Waals surface area contributed by atoms with E-state index in [9.17, 15) is 9.59 Å². The van der Waals surface area contributed by atoms with Crippen LogP contribution in [-0.2, 0) is 14.3 Å². The number of benzene rings is 1. The number of aliphatic hydroxyl groups excluding tert-OH is 1. The summed E-state index contributed by atoms with van der Waals surface area (Å²) in [4.78, 5) is 25.6. The molecule has 1 fully saturated rings. The molecule has 1 amide bonds. The summed E-state index contributed by atoms with van der Waals surface area (Å²) in [5, 5.41) is 11.8. The van der Waals surface area contributed by atoms with Crippen molar-refractivity contribution in [1.29, 1.82) is 0 Å². The summed E-state index contributed by atoms with van der Waals surface area (Å²) in [5.74, 6) is -0.792. The third kappa shape index (κ3) is 4.44. The number of carbonyl (C=O) groups excluding carboxylic acids is 2. The molecule has 1 aromatic rings. The molecule has 1 aromatic carbocycles. The molecule has 7 nitrogen and oxygen atoms in total. The molecule has 0 saturated carbocycles. The Hall–Kier alpha value is -2.12. The minimum atomic E-state index is -0.567. The smallest absolute Gasteiger partial charge is 0.340 e. The number of nitrogens with zero attached hydrogens (tertiary/aromatic N) is 1. The Bertz CT molecular complexity index is 514. The van der Waals surface area contributed by atoms with E-state index in [0.29, 0.717) is 44.1 Å². The van der Waals surface area contributed by atoms with E-state index < -0.39 is 5.97 Å².